The maximum atomic E-state index is 9.79. The van der Waals surface area contributed by atoms with Crippen molar-refractivity contribution in [1.29, 1.82) is 0 Å². The number of aliphatic hydroxyl groups excluding tert-OH is 1. The van der Waals surface area contributed by atoms with E-state index in [-0.39, 0.29) is 0 Å². The number of H-pyrrole nitrogens is 1. The zero-order chi connectivity index (χ0) is 15.5. The Labute approximate surface area is 130 Å². The molecule has 4 heteroatoms. The van der Waals surface area contributed by atoms with Gasteiger partial charge in [0.25, 0.3) is 0 Å². The fourth-order valence-electron chi connectivity index (χ4n) is 2.69. The number of methoxy groups -OCH3 is 1. The molecule has 3 aromatic rings. The molecule has 0 fully saturated rings. The zero-order valence-corrected chi connectivity index (χ0v) is 12.9. The van der Waals surface area contributed by atoms with E-state index in [2.05, 4.69) is 33.9 Å². The van der Waals surface area contributed by atoms with Crippen molar-refractivity contribution in [2.75, 3.05) is 7.11 Å². The Kier molecular flexibility index (Phi) is 4.11. The molecule has 0 aliphatic rings. The number of nitrogens with one attached hydrogen (secondary N) is 1. The number of rotatable bonds is 5. The van der Waals surface area contributed by atoms with Gasteiger partial charge in [-0.15, -0.1) is 0 Å². The van der Waals surface area contributed by atoms with E-state index in [9.17, 15) is 5.11 Å². The molecular weight excluding hydrogens is 276 g/mol. The molecule has 2 heterocycles. The summed E-state index contributed by atoms with van der Waals surface area (Å²) in [5.41, 5.74) is 3.32. The highest BCUT2D eigenvalue weighted by Crippen LogP contribution is 2.19. The van der Waals surface area contributed by atoms with Gasteiger partial charge in [0.15, 0.2) is 18.5 Å². The Balaban J connectivity index is 1.82. The van der Waals surface area contributed by atoms with Crippen molar-refractivity contribution in [3.63, 3.8) is 0 Å². The van der Waals surface area contributed by atoms with Crippen LogP contribution in [0.4, 0.5) is 0 Å². The third kappa shape index (κ3) is 2.97. The van der Waals surface area contributed by atoms with Gasteiger partial charge in [-0.3, -0.25) is 0 Å². The van der Waals surface area contributed by atoms with Crippen LogP contribution in [0.2, 0.25) is 0 Å². The number of nitrogens with zero attached hydrogens (tertiary/aromatic N) is 1. The van der Waals surface area contributed by atoms with Crippen LogP contribution in [0, 0.1) is 0 Å². The molecule has 0 unspecified atom stereocenters. The van der Waals surface area contributed by atoms with Crippen molar-refractivity contribution < 1.29 is 14.4 Å². The molecule has 0 saturated heterocycles. The van der Waals surface area contributed by atoms with E-state index >= 15 is 0 Å². The lowest BCUT2D eigenvalue weighted by Crippen LogP contribution is -2.35. The smallest absolute Gasteiger partial charge is 0.211 e. The predicted molar refractivity (Wildman–Crippen MR) is 85.8 cm³/mol. The van der Waals surface area contributed by atoms with Crippen LogP contribution < -0.4 is 9.30 Å². The van der Waals surface area contributed by atoms with Crippen molar-refractivity contribution in [3.05, 3.63) is 60.0 Å². The summed E-state index contributed by atoms with van der Waals surface area (Å²) in [4.78, 5) is 3.30. The number of hydrogen-bond donors (Lipinski definition) is 2. The lowest BCUT2D eigenvalue weighted by atomic mass is 10.1. The van der Waals surface area contributed by atoms with Crippen LogP contribution in [0.5, 0.6) is 5.75 Å². The summed E-state index contributed by atoms with van der Waals surface area (Å²) in [5.74, 6) is 0.761. The van der Waals surface area contributed by atoms with Crippen LogP contribution in [-0.4, -0.2) is 17.2 Å². The highest BCUT2D eigenvalue weighted by atomic mass is 16.5. The van der Waals surface area contributed by atoms with E-state index < -0.39 is 6.10 Å². The number of benzene rings is 1. The fourth-order valence-corrected chi connectivity index (χ4v) is 2.69. The van der Waals surface area contributed by atoms with Crippen molar-refractivity contribution in [1.82, 2.24) is 4.98 Å². The molecule has 1 aromatic carbocycles. The molecule has 4 nitrogen and oxygen atoms in total. The molecule has 0 aliphatic heterocycles. The Bertz CT molecular complexity index is 778. The summed E-state index contributed by atoms with van der Waals surface area (Å²) in [5, 5.41) is 11.1. The molecule has 0 amide bonds. The van der Waals surface area contributed by atoms with Crippen LogP contribution in [0.3, 0.4) is 0 Å². The third-order valence-corrected chi connectivity index (χ3v) is 3.95. The molecule has 0 saturated carbocycles. The normalized spacial score (nSPS) is 12.5. The standard InChI is InChI=1S/C18H21N2O2/c1-13(21)15-9-16(22-2)12-20(11-15)8-7-14-10-19-18-6-4-3-5-17(14)18/h3-6,9-13,19,21H,7-8H2,1-2H3/q+1/t13-/m0/s1. The molecule has 2 aromatic heterocycles. The van der Waals surface area contributed by atoms with E-state index in [4.69, 9.17) is 4.74 Å². The van der Waals surface area contributed by atoms with Gasteiger partial charge in [0.05, 0.1) is 13.2 Å². The van der Waals surface area contributed by atoms with Crippen molar-refractivity contribution in [3.8, 4) is 5.75 Å². The summed E-state index contributed by atoms with van der Waals surface area (Å²) < 4.78 is 7.39. The number of aliphatic hydroxyl groups is 1. The Morgan fingerprint density at radius 2 is 2.09 bits per heavy atom. The molecule has 114 valence electrons. The first kappa shape index (κ1) is 14.6. The number of aryl methyl sites for hydroxylation is 2. The largest absolute Gasteiger partial charge is 0.491 e. The maximum Gasteiger partial charge on any atom is 0.211 e. The first-order chi connectivity index (χ1) is 10.7. The van der Waals surface area contributed by atoms with Gasteiger partial charge in [-0.25, -0.2) is 4.57 Å². The van der Waals surface area contributed by atoms with Crippen LogP contribution in [0.15, 0.2) is 48.9 Å². The first-order valence-corrected chi connectivity index (χ1v) is 7.48. The molecule has 0 aliphatic carbocycles. The van der Waals surface area contributed by atoms with Crippen molar-refractivity contribution in [2.24, 2.45) is 0 Å². The second kappa shape index (κ2) is 6.20. The van der Waals surface area contributed by atoms with E-state index in [1.165, 1.54) is 10.9 Å². The second-order valence-corrected chi connectivity index (χ2v) is 5.53. The number of ether oxygens (including phenoxy) is 1. The number of aromatic nitrogens is 2. The summed E-state index contributed by atoms with van der Waals surface area (Å²) in [6, 6.07) is 10.2. The number of fused-ring (bicyclic) bond motifs is 1. The number of pyridine rings is 1. The lowest BCUT2D eigenvalue weighted by Gasteiger charge is -2.06. The number of para-hydroxylation sites is 1. The zero-order valence-electron chi connectivity index (χ0n) is 12.9. The average molecular weight is 297 g/mol. The number of hydrogen-bond acceptors (Lipinski definition) is 2. The highest BCUT2D eigenvalue weighted by molar-refractivity contribution is 5.82. The second-order valence-electron chi connectivity index (χ2n) is 5.53. The van der Waals surface area contributed by atoms with Gasteiger partial charge in [0.2, 0.25) is 6.20 Å². The molecule has 0 radical (unpaired) electrons. The molecule has 3 rings (SSSR count). The van der Waals surface area contributed by atoms with E-state index in [1.807, 2.05) is 24.5 Å². The maximum absolute atomic E-state index is 9.79. The molecule has 0 spiro atoms. The summed E-state index contributed by atoms with van der Waals surface area (Å²) in [6.07, 6.45) is 6.42. The highest BCUT2D eigenvalue weighted by Gasteiger charge is 2.13. The summed E-state index contributed by atoms with van der Waals surface area (Å²) >= 11 is 0. The predicted octanol–water partition coefficient (Wildman–Crippen LogP) is 2.76. The van der Waals surface area contributed by atoms with Gasteiger partial charge in [-0.1, -0.05) is 18.2 Å². The molecule has 2 N–H and O–H groups in total. The van der Waals surface area contributed by atoms with E-state index in [0.29, 0.717) is 0 Å². The van der Waals surface area contributed by atoms with E-state index in [0.717, 1.165) is 29.8 Å². The molecule has 0 bridgehead atoms. The Hall–Kier alpha value is -2.33. The van der Waals surface area contributed by atoms with Gasteiger partial charge >= 0.3 is 0 Å². The quantitative estimate of drug-likeness (QED) is 0.711. The van der Waals surface area contributed by atoms with E-state index in [1.54, 1.807) is 14.0 Å². The third-order valence-electron chi connectivity index (χ3n) is 3.95. The minimum Gasteiger partial charge on any atom is -0.491 e. The van der Waals surface area contributed by atoms with Crippen LogP contribution in [-0.2, 0) is 13.0 Å². The van der Waals surface area contributed by atoms with Gasteiger partial charge in [-0.05, 0) is 24.6 Å². The van der Waals surface area contributed by atoms with Crippen LogP contribution >= 0.6 is 0 Å². The van der Waals surface area contributed by atoms with Gasteiger partial charge in [0, 0.05) is 29.1 Å². The SMILES string of the molecule is COc1cc([C@H](C)O)c[n+](CCc2c[nH]c3ccccc23)c1. The Morgan fingerprint density at radius 1 is 1.27 bits per heavy atom. The van der Waals surface area contributed by atoms with Crippen molar-refractivity contribution in [2.45, 2.75) is 26.0 Å². The number of aromatic amines is 1. The molecule has 22 heavy (non-hydrogen) atoms. The average Bonchev–Trinajstić information content (AvgIpc) is 2.95. The van der Waals surface area contributed by atoms with Gasteiger partial charge in [-0.2, -0.15) is 0 Å². The van der Waals surface area contributed by atoms with Crippen LogP contribution in [0.25, 0.3) is 10.9 Å². The van der Waals surface area contributed by atoms with Gasteiger partial charge in [0.1, 0.15) is 0 Å². The lowest BCUT2D eigenvalue weighted by molar-refractivity contribution is -0.697. The molecule has 1 atom stereocenters. The minimum atomic E-state index is -0.505. The Morgan fingerprint density at radius 3 is 2.86 bits per heavy atom. The van der Waals surface area contributed by atoms with Crippen LogP contribution in [0.1, 0.15) is 24.2 Å². The molecular formula is C18H21N2O2+. The summed E-state index contributed by atoms with van der Waals surface area (Å²) in [6.45, 7) is 2.59. The van der Waals surface area contributed by atoms with Gasteiger partial charge < -0.3 is 14.8 Å². The fraction of sp³-hybridized carbons (Fsp3) is 0.278. The van der Waals surface area contributed by atoms with Crippen molar-refractivity contribution >= 4 is 10.9 Å². The topological polar surface area (TPSA) is 49.1 Å². The monoisotopic (exact) mass is 297 g/mol. The minimum absolute atomic E-state index is 0.505. The summed E-state index contributed by atoms with van der Waals surface area (Å²) in [7, 11) is 1.64. The first-order valence-electron chi connectivity index (χ1n) is 7.48.